The lowest BCUT2D eigenvalue weighted by Gasteiger charge is -2.11. The molecule has 2 N–H and O–H groups in total. The van der Waals surface area contributed by atoms with E-state index in [4.69, 9.17) is 0 Å². The van der Waals surface area contributed by atoms with Crippen LogP contribution in [-0.2, 0) is 20.0 Å². The van der Waals surface area contributed by atoms with Crippen LogP contribution in [0, 0.1) is 0 Å². The van der Waals surface area contributed by atoms with E-state index in [1.54, 1.807) is 24.3 Å². The van der Waals surface area contributed by atoms with Gasteiger partial charge in [0.15, 0.2) is 0 Å². The monoisotopic (exact) mass is 440 g/mol. The first-order valence-corrected chi connectivity index (χ1v) is 11.7. The van der Waals surface area contributed by atoms with Crippen LogP contribution in [0.2, 0.25) is 0 Å². The van der Waals surface area contributed by atoms with Gasteiger partial charge in [0.05, 0.1) is 9.79 Å². The largest absolute Gasteiger partial charge is 0.280 e. The van der Waals surface area contributed by atoms with Crippen LogP contribution in [0.15, 0.2) is 95.0 Å². The number of nitrogens with zero attached hydrogens (tertiary/aromatic N) is 2. The van der Waals surface area contributed by atoms with Crippen LogP contribution in [-0.4, -0.2) is 26.8 Å². The van der Waals surface area contributed by atoms with E-state index in [-0.39, 0.29) is 21.4 Å². The molecule has 152 valence electrons. The lowest BCUT2D eigenvalue weighted by Crippen LogP contribution is -2.16. The van der Waals surface area contributed by atoms with Crippen LogP contribution in [0.25, 0.3) is 10.8 Å². The molecule has 0 radical (unpaired) electrons. The fourth-order valence-electron chi connectivity index (χ4n) is 2.87. The van der Waals surface area contributed by atoms with E-state index >= 15 is 0 Å². The Morgan fingerprint density at radius 1 is 0.633 bits per heavy atom. The highest BCUT2D eigenvalue weighted by Gasteiger charge is 2.19. The molecule has 0 fully saturated rings. The van der Waals surface area contributed by atoms with Gasteiger partial charge in [0.25, 0.3) is 20.0 Å². The molecule has 4 aromatic rings. The summed E-state index contributed by atoms with van der Waals surface area (Å²) in [6.07, 6.45) is 2.83. The zero-order chi connectivity index (χ0) is 21.2. The van der Waals surface area contributed by atoms with Crippen molar-refractivity contribution in [3.05, 3.63) is 85.2 Å². The third kappa shape index (κ3) is 4.09. The van der Waals surface area contributed by atoms with E-state index in [9.17, 15) is 16.8 Å². The van der Waals surface area contributed by atoms with Gasteiger partial charge in [0.1, 0.15) is 0 Å². The van der Waals surface area contributed by atoms with Crippen molar-refractivity contribution in [3.8, 4) is 0 Å². The fraction of sp³-hybridized carbons (Fsp3) is 0. The van der Waals surface area contributed by atoms with Gasteiger partial charge in [-0.15, -0.1) is 0 Å². The van der Waals surface area contributed by atoms with Crippen LogP contribution in [0.4, 0.5) is 11.6 Å². The highest BCUT2D eigenvalue weighted by Crippen LogP contribution is 2.25. The Balaban J connectivity index is 1.59. The van der Waals surface area contributed by atoms with Crippen LogP contribution < -0.4 is 9.44 Å². The second kappa shape index (κ2) is 7.73. The minimum absolute atomic E-state index is 0.0527. The summed E-state index contributed by atoms with van der Waals surface area (Å²) in [4.78, 5) is 7.73. The van der Waals surface area contributed by atoms with E-state index in [0.717, 1.165) is 5.39 Å². The molecule has 0 saturated carbocycles. The van der Waals surface area contributed by atoms with E-state index in [1.165, 1.54) is 42.7 Å². The van der Waals surface area contributed by atoms with Gasteiger partial charge in [0, 0.05) is 23.5 Å². The predicted octanol–water partition coefficient (Wildman–Crippen LogP) is 3.23. The number of benzene rings is 3. The number of nitrogens with one attached hydrogen (secondary N) is 2. The van der Waals surface area contributed by atoms with Gasteiger partial charge in [-0.2, -0.15) is 0 Å². The number of fused-ring (bicyclic) bond motifs is 1. The minimum Gasteiger partial charge on any atom is -0.280 e. The maximum atomic E-state index is 12.9. The van der Waals surface area contributed by atoms with Gasteiger partial charge in [0.2, 0.25) is 5.95 Å². The van der Waals surface area contributed by atoms with Gasteiger partial charge < -0.3 is 0 Å². The average molecular weight is 441 g/mol. The molecule has 0 atom stereocenters. The molecule has 0 aliphatic heterocycles. The zero-order valence-electron chi connectivity index (χ0n) is 15.4. The number of rotatable bonds is 6. The van der Waals surface area contributed by atoms with Crippen LogP contribution in [0.1, 0.15) is 0 Å². The molecule has 30 heavy (non-hydrogen) atoms. The summed E-state index contributed by atoms with van der Waals surface area (Å²) in [5.41, 5.74) is 0.234. The van der Waals surface area contributed by atoms with Crippen molar-refractivity contribution in [3.63, 3.8) is 0 Å². The first-order chi connectivity index (χ1) is 14.4. The topological polar surface area (TPSA) is 118 Å². The lowest BCUT2D eigenvalue weighted by molar-refractivity contribution is 0.600. The van der Waals surface area contributed by atoms with Gasteiger partial charge in [-0.25, -0.2) is 31.5 Å². The van der Waals surface area contributed by atoms with Gasteiger partial charge in [-0.1, -0.05) is 36.4 Å². The molecule has 1 aromatic heterocycles. The quantitative estimate of drug-likeness (QED) is 0.475. The third-order valence-corrected chi connectivity index (χ3v) is 7.03. The molecule has 3 aromatic carbocycles. The van der Waals surface area contributed by atoms with Crippen molar-refractivity contribution in [2.75, 3.05) is 9.44 Å². The van der Waals surface area contributed by atoms with E-state index in [0.29, 0.717) is 5.39 Å². The molecule has 0 aliphatic rings. The highest BCUT2D eigenvalue weighted by atomic mass is 32.2. The molecular formula is C20H16N4O4S2. The molecule has 0 aliphatic carbocycles. The summed E-state index contributed by atoms with van der Waals surface area (Å²) in [6, 6.07) is 19.1. The summed E-state index contributed by atoms with van der Waals surface area (Å²) in [7, 11) is -7.78. The van der Waals surface area contributed by atoms with E-state index < -0.39 is 20.0 Å². The molecule has 4 rings (SSSR count). The second-order valence-electron chi connectivity index (χ2n) is 6.29. The second-order valence-corrected chi connectivity index (χ2v) is 9.62. The Morgan fingerprint density at radius 3 is 2.03 bits per heavy atom. The van der Waals surface area contributed by atoms with Crippen molar-refractivity contribution in [1.82, 2.24) is 9.97 Å². The number of aromatic nitrogens is 2. The first kappa shape index (κ1) is 19.8. The van der Waals surface area contributed by atoms with Crippen LogP contribution in [0.3, 0.4) is 0 Å². The molecule has 10 heteroatoms. The average Bonchev–Trinajstić information content (AvgIpc) is 2.74. The van der Waals surface area contributed by atoms with E-state index in [1.807, 2.05) is 18.2 Å². The molecule has 0 amide bonds. The molecule has 0 bridgehead atoms. The summed E-state index contributed by atoms with van der Waals surface area (Å²) in [5.74, 6) is -0.0572. The fourth-order valence-corrected chi connectivity index (χ4v) is 5.12. The van der Waals surface area contributed by atoms with E-state index in [2.05, 4.69) is 19.4 Å². The number of anilines is 2. The predicted molar refractivity (Wildman–Crippen MR) is 114 cm³/mol. The molecule has 0 spiro atoms. The maximum absolute atomic E-state index is 12.9. The smallest absolute Gasteiger partial charge is 0.264 e. The van der Waals surface area contributed by atoms with Gasteiger partial charge in [-0.05, 0) is 41.8 Å². The van der Waals surface area contributed by atoms with Gasteiger partial charge >= 0.3 is 0 Å². The molecule has 8 nitrogen and oxygen atoms in total. The normalized spacial score (nSPS) is 11.9. The molecule has 0 saturated heterocycles. The SMILES string of the molecule is O=S(=O)(Nc1ncccn1)c1ccc(NS(=O)(=O)c2cccc3ccccc23)cc1. The Hall–Kier alpha value is -3.50. The Bertz CT molecular complexity index is 1400. The number of hydrogen-bond acceptors (Lipinski definition) is 6. The lowest BCUT2D eigenvalue weighted by atomic mass is 10.1. The highest BCUT2D eigenvalue weighted by molar-refractivity contribution is 7.93. The summed E-state index contributed by atoms with van der Waals surface area (Å²) >= 11 is 0. The summed E-state index contributed by atoms with van der Waals surface area (Å²) in [6.45, 7) is 0. The van der Waals surface area contributed by atoms with Gasteiger partial charge in [-0.3, -0.25) is 4.72 Å². The molecule has 0 unspecified atom stereocenters. The Kier molecular flexibility index (Phi) is 5.10. The van der Waals surface area contributed by atoms with Crippen molar-refractivity contribution >= 4 is 42.5 Å². The molecular weight excluding hydrogens is 424 g/mol. The maximum Gasteiger partial charge on any atom is 0.264 e. The number of hydrogen-bond donors (Lipinski definition) is 2. The third-order valence-electron chi connectivity index (χ3n) is 4.25. The molecule has 1 heterocycles. The van der Waals surface area contributed by atoms with Crippen molar-refractivity contribution in [2.45, 2.75) is 9.79 Å². The standard InChI is InChI=1S/C20H16N4O4S2/c25-29(26,24-20-21-13-4-14-22-20)17-11-9-16(10-12-17)23-30(27,28)19-8-3-6-15-5-1-2-7-18(15)19/h1-14,23H,(H,21,22,24). The van der Waals surface area contributed by atoms with Crippen molar-refractivity contribution < 1.29 is 16.8 Å². The van der Waals surface area contributed by atoms with Crippen LogP contribution >= 0.6 is 0 Å². The number of sulfonamides is 2. The Morgan fingerprint density at radius 2 is 1.30 bits per heavy atom. The summed E-state index contributed by atoms with van der Waals surface area (Å²) in [5, 5.41) is 1.40. The minimum atomic E-state index is -3.91. The van der Waals surface area contributed by atoms with Crippen LogP contribution in [0.5, 0.6) is 0 Å². The van der Waals surface area contributed by atoms with Crippen molar-refractivity contribution in [1.29, 1.82) is 0 Å². The zero-order valence-corrected chi connectivity index (χ0v) is 17.1. The first-order valence-electron chi connectivity index (χ1n) is 8.76. The van der Waals surface area contributed by atoms with Crippen molar-refractivity contribution in [2.24, 2.45) is 0 Å². The summed E-state index contributed by atoms with van der Waals surface area (Å²) < 4.78 is 55.4. The Labute approximate surface area is 173 Å².